The molecule has 27 heavy (non-hydrogen) atoms. The molecule has 0 bridgehead atoms. The zero-order chi connectivity index (χ0) is 19.2. The van der Waals surface area contributed by atoms with Gasteiger partial charge in [-0.2, -0.15) is 0 Å². The topological polar surface area (TPSA) is 63.7 Å². The third-order valence-electron chi connectivity index (χ3n) is 5.30. The Kier molecular flexibility index (Phi) is 6.99. The van der Waals surface area contributed by atoms with Gasteiger partial charge < -0.3 is 19.7 Å². The summed E-state index contributed by atoms with van der Waals surface area (Å²) in [7, 11) is 0. The molecule has 1 aliphatic carbocycles. The van der Waals surface area contributed by atoms with Crippen molar-refractivity contribution in [2.75, 3.05) is 13.1 Å². The highest BCUT2D eigenvalue weighted by molar-refractivity contribution is 7.15. The van der Waals surface area contributed by atoms with Gasteiger partial charge in [0.1, 0.15) is 4.88 Å². The number of nitrogens with zero attached hydrogens (tertiary/aromatic N) is 2. The van der Waals surface area contributed by atoms with Crippen molar-refractivity contribution in [2.24, 2.45) is 5.92 Å². The molecule has 1 amide bonds. The zero-order valence-electron chi connectivity index (χ0n) is 16.4. The van der Waals surface area contributed by atoms with E-state index in [0.717, 1.165) is 12.3 Å². The fraction of sp³-hybridized carbons (Fsp3) is 0.700. The Labute approximate surface area is 165 Å². The Balaban J connectivity index is 1.37. The van der Waals surface area contributed by atoms with Crippen LogP contribution in [0.3, 0.4) is 0 Å². The molecule has 1 aromatic rings. The van der Waals surface area contributed by atoms with E-state index < -0.39 is 6.29 Å². The summed E-state index contributed by atoms with van der Waals surface area (Å²) in [6.45, 7) is 9.38. The van der Waals surface area contributed by atoms with Gasteiger partial charge in [-0.1, -0.05) is 49.9 Å². The van der Waals surface area contributed by atoms with E-state index in [1.54, 1.807) is 6.20 Å². The molecule has 2 aliphatic rings. The lowest BCUT2D eigenvalue weighted by molar-refractivity contribution is -0.00478. The van der Waals surface area contributed by atoms with E-state index in [4.69, 9.17) is 9.47 Å². The predicted molar refractivity (Wildman–Crippen MR) is 107 cm³/mol. The zero-order valence-corrected chi connectivity index (χ0v) is 17.2. The van der Waals surface area contributed by atoms with Crippen LogP contribution in [0, 0.1) is 5.92 Å². The first kappa shape index (κ1) is 20.0. The second-order valence-electron chi connectivity index (χ2n) is 7.70. The highest BCUT2D eigenvalue weighted by Gasteiger charge is 2.30. The quantitative estimate of drug-likeness (QED) is 0.639. The predicted octanol–water partition coefficient (Wildman–Crippen LogP) is 4.15. The summed E-state index contributed by atoms with van der Waals surface area (Å²) in [6, 6.07) is 0.303. The van der Waals surface area contributed by atoms with E-state index in [0.29, 0.717) is 35.1 Å². The van der Waals surface area contributed by atoms with Crippen molar-refractivity contribution >= 4 is 17.2 Å². The maximum absolute atomic E-state index is 12.3. The molecule has 1 saturated heterocycles. The molecule has 2 heterocycles. The SMILES string of the molecule is C=C1OC(Oc2ncc(C(=O)NCCCCC3CCCC3)s2)CN1C(C)C. The van der Waals surface area contributed by atoms with Crippen LogP contribution in [0.15, 0.2) is 18.7 Å². The number of amides is 1. The molecule has 1 saturated carbocycles. The molecule has 1 N–H and O–H groups in total. The molecule has 0 radical (unpaired) electrons. The number of hydrogen-bond donors (Lipinski definition) is 1. The summed E-state index contributed by atoms with van der Waals surface area (Å²) in [5, 5.41) is 3.43. The van der Waals surface area contributed by atoms with Crippen LogP contribution in [0.25, 0.3) is 0 Å². The van der Waals surface area contributed by atoms with E-state index in [1.807, 2.05) is 4.90 Å². The molecule has 0 aromatic carbocycles. The van der Waals surface area contributed by atoms with Crippen molar-refractivity contribution in [1.29, 1.82) is 0 Å². The number of unbranched alkanes of at least 4 members (excludes halogenated alkanes) is 1. The van der Waals surface area contributed by atoms with Gasteiger partial charge in [0.2, 0.25) is 0 Å². The van der Waals surface area contributed by atoms with Crippen molar-refractivity contribution in [3.05, 3.63) is 23.5 Å². The van der Waals surface area contributed by atoms with E-state index >= 15 is 0 Å². The minimum Gasteiger partial charge on any atom is -0.438 e. The van der Waals surface area contributed by atoms with E-state index in [2.05, 4.69) is 30.7 Å². The smallest absolute Gasteiger partial charge is 0.277 e. The molecular formula is C20H31N3O3S. The van der Waals surface area contributed by atoms with Crippen LogP contribution in [0.1, 0.15) is 68.5 Å². The van der Waals surface area contributed by atoms with Crippen LogP contribution in [0.4, 0.5) is 0 Å². The number of thiazole rings is 1. The van der Waals surface area contributed by atoms with Crippen LogP contribution in [0.5, 0.6) is 5.19 Å². The van der Waals surface area contributed by atoms with Gasteiger partial charge in [0.05, 0.1) is 12.7 Å². The lowest BCUT2D eigenvalue weighted by Crippen LogP contribution is -2.29. The van der Waals surface area contributed by atoms with E-state index in [-0.39, 0.29) is 5.91 Å². The summed E-state index contributed by atoms with van der Waals surface area (Å²) in [6.07, 6.45) is 10.2. The highest BCUT2D eigenvalue weighted by Crippen LogP contribution is 2.29. The molecule has 2 fully saturated rings. The summed E-state index contributed by atoms with van der Waals surface area (Å²) >= 11 is 1.25. The van der Waals surface area contributed by atoms with Crippen LogP contribution in [0.2, 0.25) is 0 Å². The molecule has 0 spiro atoms. The summed E-state index contributed by atoms with van der Waals surface area (Å²) in [5.74, 6) is 1.45. The fourth-order valence-electron chi connectivity index (χ4n) is 3.76. The molecule has 1 atom stereocenters. The first-order valence-electron chi connectivity index (χ1n) is 10.1. The lowest BCUT2D eigenvalue weighted by Gasteiger charge is -2.19. The van der Waals surface area contributed by atoms with Gasteiger partial charge in [0.15, 0.2) is 5.88 Å². The summed E-state index contributed by atoms with van der Waals surface area (Å²) in [5.41, 5.74) is 0. The molecule has 7 heteroatoms. The van der Waals surface area contributed by atoms with Crippen molar-refractivity contribution in [2.45, 2.75) is 71.1 Å². The number of rotatable bonds is 9. The average Bonchev–Trinajstić information content (AvgIpc) is 3.36. The Bertz CT molecular complexity index is 640. The van der Waals surface area contributed by atoms with Gasteiger partial charge in [0, 0.05) is 12.6 Å². The number of carbonyl (C=O) groups excluding carboxylic acids is 1. The molecule has 150 valence electrons. The first-order chi connectivity index (χ1) is 13.0. The van der Waals surface area contributed by atoms with E-state index in [9.17, 15) is 4.79 Å². The van der Waals surface area contributed by atoms with Crippen molar-refractivity contribution in [3.8, 4) is 5.19 Å². The second kappa shape index (κ2) is 9.44. The monoisotopic (exact) mass is 393 g/mol. The number of carbonyl (C=O) groups is 1. The standard InChI is InChI=1S/C20H31N3O3S/c1-14(2)23-13-18(25-15(23)3)26-20-22-12-17(27-20)19(24)21-11-7-6-10-16-8-4-5-9-16/h12,14,16,18H,3-11,13H2,1-2H3,(H,21,24). The lowest BCUT2D eigenvalue weighted by atomic mass is 10.0. The van der Waals surface area contributed by atoms with Crippen molar-refractivity contribution < 1.29 is 14.3 Å². The minimum absolute atomic E-state index is 0.0798. The third-order valence-corrected chi connectivity index (χ3v) is 6.18. The Morgan fingerprint density at radius 1 is 1.44 bits per heavy atom. The van der Waals surface area contributed by atoms with Gasteiger partial charge >= 0.3 is 0 Å². The second-order valence-corrected chi connectivity index (χ2v) is 8.69. The normalized spacial score (nSPS) is 20.3. The van der Waals surface area contributed by atoms with E-state index in [1.165, 1.54) is 49.9 Å². The molecular weight excluding hydrogens is 362 g/mol. The van der Waals surface area contributed by atoms with Crippen molar-refractivity contribution in [1.82, 2.24) is 15.2 Å². The maximum atomic E-state index is 12.3. The number of nitrogens with one attached hydrogen (secondary N) is 1. The summed E-state index contributed by atoms with van der Waals surface area (Å²) < 4.78 is 11.4. The Morgan fingerprint density at radius 3 is 2.93 bits per heavy atom. The van der Waals surface area contributed by atoms with Crippen molar-refractivity contribution in [3.63, 3.8) is 0 Å². The van der Waals surface area contributed by atoms with Gasteiger partial charge in [0.25, 0.3) is 17.4 Å². The minimum atomic E-state index is -0.433. The largest absolute Gasteiger partial charge is 0.438 e. The first-order valence-corrected chi connectivity index (χ1v) is 10.9. The Hall–Kier alpha value is -1.76. The number of hydrogen-bond acceptors (Lipinski definition) is 6. The third kappa shape index (κ3) is 5.61. The molecule has 1 aliphatic heterocycles. The molecule has 1 aromatic heterocycles. The van der Waals surface area contributed by atoms with Gasteiger partial charge in [-0.3, -0.25) is 4.79 Å². The number of ether oxygens (including phenoxy) is 2. The Morgan fingerprint density at radius 2 is 2.22 bits per heavy atom. The maximum Gasteiger partial charge on any atom is 0.277 e. The van der Waals surface area contributed by atoms with Gasteiger partial charge in [-0.15, -0.1) is 0 Å². The fourth-order valence-corrected chi connectivity index (χ4v) is 4.47. The molecule has 3 rings (SSSR count). The van der Waals surface area contributed by atoms with Gasteiger partial charge in [-0.25, -0.2) is 4.98 Å². The van der Waals surface area contributed by atoms with Crippen LogP contribution >= 0.6 is 11.3 Å². The van der Waals surface area contributed by atoms with Crippen LogP contribution in [-0.4, -0.2) is 41.2 Å². The van der Waals surface area contributed by atoms with Crippen LogP contribution in [-0.2, 0) is 4.74 Å². The molecule has 6 nitrogen and oxygen atoms in total. The molecule has 1 unspecified atom stereocenters. The summed E-state index contributed by atoms with van der Waals surface area (Å²) in [4.78, 5) is 19.1. The van der Waals surface area contributed by atoms with Crippen LogP contribution < -0.4 is 10.1 Å². The van der Waals surface area contributed by atoms with Gasteiger partial charge in [-0.05, 0) is 32.8 Å². The highest BCUT2D eigenvalue weighted by atomic mass is 32.1. The average molecular weight is 394 g/mol. The number of aromatic nitrogens is 1.